The normalized spacial score (nSPS) is 16.2. The summed E-state index contributed by atoms with van der Waals surface area (Å²) in [5.41, 5.74) is 3.57. The highest BCUT2D eigenvalue weighted by atomic mass is 16.5. The van der Waals surface area contributed by atoms with Crippen molar-refractivity contribution in [2.45, 2.75) is 19.4 Å². The van der Waals surface area contributed by atoms with Gasteiger partial charge in [0, 0.05) is 35.1 Å². The molecule has 29 heavy (non-hydrogen) atoms. The number of aromatic amines is 1. The van der Waals surface area contributed by atoms with E-state index in [0.717, 1.165) is 28.1 Å². The van der Waals surface area contributed by atoms with Crippen LogP contribution < -0.4 is 19.7 Å². The number of hydrogen-bond acceptors (Lipinski definition) is 6. The zero-order valence-electron chi connectivity index (χ0n) is 16.6. The van der Waals surface area contributed by atoms with Crippen LogP contribution in [0.4, 0.5) is 11.5 Å². The van der Waals surface area contributed by atoms with Crippen LogP contribution in [0.3, 0.4) is 0 Å². The van der Waals surface area contributed by atoms with E-state index in [1.165, 1.54) is 0 Å². The number of hydrogen-bond donors (Lipinski definition) is 2. The van der Waals surface area contributed by atoms with Gasteiger partial charge >= 0.3 is 0 Å². The molecule has 1 unspecified atom stereocenters. The smallest absolute Gasteiger partial charge is 0.250 e. The maximum absolute atomic E-state index is 13.0. The molecule has 0 radical (unpaired) electrons. The first-order valence-corrected chi connectivity index (χ1v) is 9.38. The fraction of sp³-hybridized carbons (Fsp3) is 0.286. The summed E-state index contributed by atoms with van der Waals surface area (Å²) < 4.78 is 10.8. The molecule has 4 rings (SSSR count). The van der Waals surface area contributed by atoms with E-state index in [-0.39, 0.29) is 11.9 Å². The topological polar surface area (TPSA) is 92.4 Å². The van der Waals surface area contributed by atoms with Gasteiger partial charge in [0.1, 0.15) is 17.6 Å². The molecule has 0 aliphatic carbocycles. The Morgan fingerprint density at radius 2 is 2.07 bits per heavy atom. The Kier molecular flexibility index (Phi) is 5.07. The lowest BCUT2D eigenvalue weighted by molar-refractivity contribution is -0.117. The molecule has 1 aliphatic rings. The van der Waals surface area contributed by atoms with Crippen LogP contribution in [-0.2, 0) is 4.79 Å². The predicted molar refractivity (Wildman–Crippen MR) is 110 cm³/mol. The van der Waals surface area contributed by atoms with E-state index in [0.29, 0.717) is 24.7 Å². The third kappa shape index (κ3) is 3.49. The summed E-state index contributed by atoms with van der Waals surface area (Å²) in [5, 5.41) is 10.1. The molecule has 1 aromatic carbocycles. The number of benzene rings is 1. The molecule has 3 aromatic rings. The Labute approximate surface area is 168 Å². The molecule has 1 saturated heterocycles. The number of carbonyl (C=O) groups is 1. The summed E-state index contributed by atoms with van der Waals surface area (Å²) in [4.78, 5) is 19.3. The number of carbonyl (C=O) groups excluding carboxylic acids is 1. The number of aromatic nitrogens is 3. The maximum atomic E-state index is 13.0. The number of H-pyrrole nitrogens is 1. The summed E-state index contributed by atoms with van der Waals surface area (Å²) in [6, 6.07) is 9.18. The van der Waals surface area contributed by atoms with Gasteiger partial charge in [0.05, 0.1) is 20.4 Å². The number of rotatable bonds is 6. The maximum Gasteiger partial charge on any atom is 0.250 e. The number of nitrogens with zero attached hydrogens (tertiary/aromatic N) is 3. The third-order valence-electron chi connectivity index (χ3n) is 5.16. The number of amides is 1. The molecule has 2 aromatic heterocycles. The summed E-state index contributed by atoms with van der Waals surface area (Å²) in [6.07, 6.45) is 4.16. The quantitative estimate of drug-likeness (QED) is 0.669. The van der Waals surface area contributed by atoms with Crippen molar-refractivity contribution in [1.82, 2.24) is 15.2 Å². The summed E-state index contributed by atoms with van der Waals surface area (Å²) in [7, 11) is 3.21. The van der Waals surface area contributed by atoms with Crippen LogP contribution >= 0.6 is 0 Å². The van der Waals surface area contributed by atoms with Gasteiger partial charge in [0.15, 0.2) is 0 Å². The van der Waals surface area contributed by atoms with Crippen molar-refractivity contribution in [1.29, 1.82) is 0 Å². The highest BCUT2D eigenvalue weighted by Crippen LogP contribution is 2.32. The number of nitrogens with one attached hydrogen (secondary N) is 2. The van der Waals surface area contributed by atoms with E-state index in [2.05, 4.69) is 20.5 Å². The molecule has 1 atom stereocenters. The average molecular weight is 393 g/mol. The van der Waals surface area contributed by atoms with Crippen LogP contribution in [-0.4, -0.2) is 47.9 Å². The van der Waals surface area contributed by atoms with Crippen molar-refractivity contribution in [2.75, 3.05) is 31.0 Å². The minimum Gasteiger partial charge on any atom is -0.496 e. The third-order valence-corrected chi connectivity index (χ3v) is 5.16. The van der Waals surface area contributed by atoms with E-state index in [4.69, 9.17) is 9.47 Å². The average Bonchev–Trinajstić information content (AvgIpc) is 3.40. The van der Waals surface area contributed by atoms with Gasteiger partial charge in [-0.3, -0.25) is 14.8 Å². The van der Waals surface area contributed by atoms with E-state index in [1.807, 2.05) is 37.3 Å². The monoisotopic (exact) mass is 393 g/mol. The molecule has 0 spiro atoms. The lowest BCUT2D eigenvalue weighted by Crippen LogP contribution is -2.34. The summed E-state index contributed by atoms with van der Waals surface area (Å²) in [6.45, 7) is 2.56. The number of pyridine rings is 1. The second-order valence-corrected chi connectivity index (χ2v) is 6.82. The fourth-order valence-electron chi connectivity index (χ4n) is 3.58. The molecule has 8 nitrogen and oxygen atoms in total. The van der Waals surface area contributed by atoms with Crippen LogP contribution in [0, 0.1) is 6.92 Å². The first-order chi connectivity index (χ1) is 14.1. The molecule has 3 heterocycles. The van der Waals surface area contributed by atoms with Crippen LogP contribution in [0.1, 0.15) is 12.0 Å². The summed E-state index contributed by atoms with van der Waals surface area (Å²) >= 11 is 0. The molecule has 1 amide bonds. The number of methoxy groups -OCH3 is 2. The highest BCUT2D eigenvalue weighted by molar-refractivity contribution is 6.00. The first kappa shape index (κ1) is 18.8. The van der Waals surface area contributed by atoms with Gasteiger partial charge in [-0.2, -0.15) is 10.1 Å². The Hall–Kier alpha value is -3.55. The zero-order valence-corrected chi connectivity index (χ0v) is 16.6. The number of anilines is 2. The Morgan fingerprint density at radius 1 is 1.21 bits per heavy atom. The van der Waals surface area contributed by atoms with Crippen LogP contribution in [0.2, 0.25) is 0 Å². The second-order valence-electron chi connectivity index (χ2n) is 6.82. The van der Waals surface area contributed by atoms with E-state index in [1.54, 1.807) is 31.5 Å². The predicted octanol–water partition coefficient (Wildman–Crippen LogP) is 3.01. The molecule has 0 saturated carbocycles. The molecule has 2 N–H and O–H groups in total. The van der Waals surface area contributed by atoms with Crippen molar-refractivity contribution in [2.24, 2.45) is 0 Å². The Balaban J connectivity index is 1.55. The van der Waals surface area contributed by atoms with Crippen molar-refractivity contribution < 1.29 is 14.3 Å². The largest absolute Gasteiger partial charge is 0.496 e. The lowest BCUT2D eigenvalue weighted by Gasteiger charge is -2.19. The molecule has 8 heteroatoms. The van der Waals surface area contributed by atoms with Crippen LogP contribution in [0.5, 0.6) is 11.6 Å². The van der Waals surface area contributed by atoms with Crippen LogP contribution in [0.25, 0.3) is 11.1 Å². The van der Waals surface area contributed by atoms with Gasteiger partial charge in [-0.05, 0) is 37.6 Å². The van der Waals surface area contributed by atoms with Gasteiger partial charge in [-0.25, -0.2) is 0 Å². The Bertz CT molecular complexity index is 1020. The minimum absolute atomic E-state index is 0.0159. The fourth-order valence-corrected chi connectivity index (χ4v) is 3.58. The van der Waals surface area contributed by atoms with Gasteiger partial charge in [0.25, 0.3) is 5.91 Å². The Morgan fingerprint density at radius 3 is 2.79 bits per heavy atom. The van der Waals surface area contributed by atoms with E-state index in [9.17, 15) is 4.79 Å². The van der Waals surface area contributed by atoms with Gasteiger partial charge < -0.3 is 14.8 Å². The van der Waals surface area contributed by atoms with Crippen molar-refractivity contribution in [3.05, 3.63) is 48.3 Å². The van der Waals surface area contributed by atoms with Crippen molar-refractivity contribution >= 4 is 17.4 Å². The summed E-state index contributed by atoms with van der Waals surface area (Å²) in [5.74, 6) is 1.80. The van der Waals surface area contributed by atoms with E-state index >= 15 is 0 Å². The highest BCUT2D eigenvalue weighted by Gasteiger charge is 2.34. The molecular formula is C21H23N5O3. The molecule has 1 fully saturated rings. The van der Waals surface area contributed by atoms with Gasteiger partial charge in [-0.15, -0.1) is 0 Å². The standard InChI is InChI=1S/C21H23N5O3/c1-13-16(5-4-6-18(13)28-2)24-17-9-10-26(21(17)27)19-8-7-15(20(25-19)29-3)14-11-22-23-12-14/h4-8,11-12,17,24H,9-10H2,1-3H3,(H,22,23). The number of ether oxygens (including phenoxy) is 2. The SMILES string of the molecule is COc1cccc(NC2CCN(c3ccc(-c4cn[nH]c4)c(OC)n3)C2=O)c1C. The molecule has 150 valence electrons. The van der Waals surface area contributed by atoms with Crippen molar-refractivity contribution in [3.63, 3.8) is 0 Å². The first-order valence-electron chi connectivity index (χ1n) is 9.38. The van der Waals surface area contributed by atoms with E-state index < -0.39 is 0 Å². The molecule has 0 bridgehead atoms. The lowest BCUT2D eigenvalue weighted by atomic mass is 10.1. The van der Waals surface area contributed by atoms with Crippen LogP contribution in [0.15, 0.2) is 42.7 Å². The molecule has 1 aliphatic heterocycles. The minimum atomic E-state index is -0.317. The van der Waals surface area contributed by atoms with Gasteiger partial charge in [-0.1, -0.05) is 6.07 Å². The zero-order chi connectivity index (χ0) is 20.4. The van der Waals surface area contributed by atoms with Gasteiger partial charge in [0.2, 0.25) is 5.88 Å². The van der Waals surface area contributed by atoms with Crippen molar-refractivity contribution in [3.8, 4) is 22.8 Å². The molecular weight excluding hydrogens is 370 g/mol. The second kappa shape index (κ2) is 7.83.